The number of furan rings is 1. The Hall–Kier alpha value is -4.24. The molecule has 0 amide bonds. The van der Waals surface area contributed by atoms with E-state index in [0.29, 0.717) is 17.4 Å². The highest BCUT2D eigenvalue weighted by Gasteiger charge is 2.20. The molecule has 38 heavy (non-hydrogen) atoms. The summed E-state index contributed by atoms with van der Waals surface area (Å²) in [6.45, 7) is 9.01. The molecule has 0 saturated heterocycles. The molecule has 0 bridgehead atoms. The lowest BCUT2D eigenvalue weighted by molar-refractivity contribution is 0.584. The number of para-hydroxylation sites is 2. The maximum Gasteiger partial charge on any atom is 0.171 e. The Kier molecular flexibility index (Phi) is 6.07. The van der Waals surface area contributed by atoms with Crippen molar-refractivity contribution >= 4 is 21.9 Å². The summed E-state index contributed by atoms with van der Waals surface area (Å²) in [4.78, 5) is 4.74. The lowest BCUT2D eigenvalue weighted by Crippen LogP contribution is -2.02. The fourth-order valence-corrected chi connectivity index (χ4v) is 5.45. The van der Waals surface area contributed by atoms with Crippen molar-refractivity contribution in [2.75, 3.05) is 0 Å². The fourth-order valence-electron chi connectivity index (χ4n) is 5.45. The molecule has 0 aliphatic rings. The molecule has 0 atom stereocenters. The van der Waals surface area contributed by atoms with Gasteiger partial charge < -0.3 is 4.42 Å². The van der Waals surface area contributed by atoms with Gasteiger partial charge in [0.1, 0.15) is 5.58 Å². The normalized spacial score (nSPS) is 11.8. The average Bonchev–Trinajstić information content (AvgIpc) is 3.33. The van der Waals surface area contributed by atoms with Crippen molar-refractivity contribution in [3.63, 3.8) is 0 Å². The summed E-state index contributed by atoms with van der Waals surface area (Å²) in [5, 5.41) is 1.67. The number of hydrogen-bond acceptors (Lipinski definition) is 2. The van der Waals surface area contributed by atoms with Crippen LogP contribution < -0.4 is 0 Å². The number of hydrogen-bond donors (Lipinski definition) is 0. The van der Waals surface area contributed by atoms with Gasteiger partial charge in [0.05, 0.1) is 5.69 Å². The third kappa shape index (κ3) is 4.09. The minimum atomic E-state index is -0.354. The molecule has 2 nitrogen and oxygen atoms in total. The van der Waals surface area contributed by atoms with Crippen LogP contribution in [0.1, 0.15) is 50.7 Å². The molecule has 0 aliphatic carbocycles. The Morgan fingerprint density at radius 2 is 1.29 bits per heavy atom. The molecule has 6 aromatic rings. The van der Waals surface area contributed by atoms with Gasteiger partial charge >= 0.3 is 0 Å². The zero-order valence-electron chi connectivity index (χ0n) is 22.1. The molecule has 3 heteroatoms. The minimum Gasteiger partial charge on any atom is -0.452 e. The number of rotatable bonds is 5. The van der Waals surface area contributed by atoms with Crippen molar-refractivity contribution in [3.8, 4) is 33.5 Å². The summed E-state index contributed by atoms with van der Waals surface area (Å²) < 4.78 is 20.6. The first-order chi connectivity index (χ1) is 18.4. The van der Waals surface area contributed by atoms with E-state index in [1.54, 1.807) is 6.07 Å². The smallest absolute Gasteiger partial charge is 0.171 e. The van der Waals surface area contributed by atoms with Crippen molar-refractivity contribution in [1.82, 2.24) is 4.98 Å². The van der Waals surface area contributed by atoms with Gasteiger partial charge in [0.2, 0.25) is 0 Å². The van der Waals surface area contributed by atoms with Gasteiger partial charge in [-0.2, -0.15) is 0 Å². The molecule has 188 valence electrons. The topological polar surface area (TPSA) is 26.0 Å². The Balaban J connectivity index is 1.56. The molecule has 2 aromatic heterocycles. The van der Waals surface area contributed by atoms with Crippen LogP contribution in [0.5, 0.6) is 0 Å². The van der Waals surface area contributed by atoms with E-state index in [-0.39, 0.29) is 11.4 Å². The summed E-state index contributed by atoms with van der Waals surface area (Å²) in [5.74, 6) is 0.321. The van der Waals surface area contributed by atoms with Crippen LogP contribution in [0, 0.1) is 5.82 Å². The summed E-state index contributed by atoms with van der Waals surface area (Å²) in [6.07, 6.45) is 1.87. The van der Waals surface area contributed by atoms with Crippen molar-refractivity contribution < 1.29 is 8.81 Å². The number of pyridine rings is 1. The van der Waals surface area contributed by atoms with E-state index in [2.05, 4.69) is 82.3 Å². The standard InChI is InChI=1S/C35H30FNO/c1-21(2)29-18-25(23-10-6-5-7-11-23)19-30(22(3)4)33(29)24-16-17-37-32(20-24)28-14-8-12-26-27-13-9-15-31(36)35(27)38-34(26)28/h5-22H,1-4H3. The van der Waals surface area contributed by atoms with Gasteiger partial charge in [0.15, 0.2) is 11.4 Å². The van der Waals surface area contributed by atoms with Crippen LogP contribution in [0.2, 0.25) is 0 Å². The molecule has 4 aromatic carbocycles. The molecule has 6 rings (SSSR count). The first-order valence-corrected chi connectivity index (χ1v) is 13.2. The number of nitrogens with zero attached hydrogens (tertiary/aromatic N) is 1. The van der Waals surface area contributed by atoms with E-state index in [9.17, 15) is 4.39 Å². The second-order valence-corrected chi connectivity index (χ2v) is 10.5. The number of fused-ring (bicyclic) bond motifs is 3. The molecule has 0 aliphatic heterocycles. The van der Waals surface area contributed by atoms with Gasteiger partial charge in [-0.05, 0) is 69.5 Å². The van der Waals surface area contributed by atoms with Crippen LogP contribution in [0.25, 0.3) is 55.4 Å². The van der Waals surface area contributed by atoms with Crippen molar-refractivity contribution in [1.29, 1.82) is 0 Å². The van der Waals surface area contributed by atoms with Crippen LogP contribution in [-0.2, 0) is 0 Å². The second kappa shape index (κ2) is 9.57. The highest BCUT2D eigenvalue weighted by molar-refractivity contribution is 6.09. The Morgan fingerprint density at radius 1 is 0.632 bits per heavy atom. The average molecular weight is 500 g/mol. The summed E-state index contributed by atoms with van der Waals surface area (Å²) >= 11 is 0. The quantitative estimate of drug-likeness (QED) is 0.236. The molecule has 0 spiro atoms. The molecule has 0 radical (unpaired) electrons. The Bertz CT molecular complexity index is 1750. The van der Waals surface area contributed by atoms with Gasteiger partial charge in [-0.15, -0.1) is 0 Å². The predicted octanol–water partition coefficient (Wildman–Crippen LogP) is 10.4. The molecule has 0 unspecified atom stereocenters. The van der Waals surface area contributed by atoms with E-state index < -0.39 is 0 Å². The highest BCUT2D eigenvalue weighted by atomic mass is 19.1. The zero-order chi connectivity index (χ0) is 26.4. The van der Waals surface area contributed by atoms with Gasteiger partial charge in [-0.25, -0.2) is 4.39 Å². The van der Waals surface area contributed by atoms with Gasteiger partial charge in [0, 0.05) is 22.5 Å². The van der Waals surface area contributed by atoms with Crippen LogP contribution in [0.4, 0.5) is 4.39 Å². The van der Waals surface area contributed by atoms with E-state index in [1.807, 2.05) is 30.5 Å². The molecular weight excluding hydrogens is 469 g/mol. The minimum absolute atomic E-state index is 0.284. The van der Waals surface area contributed by atoms with Crippen molar-refractivity contribution in [3.05, 3.63) is 114 Å². The summed E-state index contributed by atoms with van der Waals surface area (Å²) in [5.41, 5.74) is 10.1. The molecule has 0 N–H and O–H groups in total. The monoisotopic (exact) mass is 499 g/mol. The van der Waals surface area contributed by atoms with E-state index in [0.717, 1.165) is 27.6 Å². The molecule has 0 fully saturated rings. The van der Waals surface area contributed by atoms with Crippen LogP contribution >= 0.6 is 0 Å². The third-order valence-electron chi connectivity index (χ3n) is 7.35. The number of aromatic nitrogens is 1. The Morgan fingerprint density at radius 3 is 1.97 bits per heavy atom. The summed E-state index contributed by atoms with van der Waals surface area (Å²) in [6, 6.07) is 30.5. The molecule has 0 saturated carbocycles. The Labute approximate surface area is 222 Å². The van der Waals surface area contributed by atoms with Gasteiger partial charge in [-0.1, -0.05) is 94.4 Å². The highest BCUT2D eigenvalue weighted by Crippen LogP contribution is 2.42. The number of benzene rings is 4. The van der Waals surface area contributed by atoms with E-state index in [1.165, 1.54) is 33.9 Å². The predicted molar refractivity (Wildman–Crippen MR) is 156 cm³/mol. The SMILES string of the molecule is CC(C)c1cc(-c2ccccc2)cc(C(C)C)c1-c1ccnc(-c2cccc3c2oc2c(F)cccc23)c1. The second-order valence-electron chi connectivity index (χ2n) is 10.5. The van der Waals surface area contributed by atoms with Crippen molar-refractivity contribution in [2.45, 2.75) is 39.5 Å². The number of halogens is 1. The lowest BCUT2D eigenvalue weighted by Gasteiger charge is -2.22. The van der Waals surface area contributed by atoms with E-state index in [4.69, 9.17) is 9.40 Å². The maximum atomic E-state index is 14.5. The lowest BCUT2D eigenvalue weighted by atomic mass is 9.82. The fraction of sp³-hybridized carbons (Fsp3) is 0.171. The molecular formula is C35H30FNO. The first-order valence-electron chi connectivity index (χ1n) is 13.2. The maximum absolute atomic E-state index is 14.5. The van der Waals surface area contributed by atoms with Crippen LogP contribution in [0.3, 0.4) is 0 Å². The first kappa shape index (κ1) is 24.1. The van der Waals surface area contributed by atoms with Crippen LogP contribution in [-0.4, -0.2) is 4.98 Å². The van der Waals surface area contributed by atoms with Gasteiger partial charge in [-0.3, -0.25) is 4.98 Å². The molecule has 2 heterocycles. The zero-order valence-corrected chi connectivity index (χ0v) is 22.1. The van der Waals surface area contributed by atoms with Crippen LogP contribution in [0.15, 0.2) is 102 Å². The largest absolute Gasteiger partial charge is 0.452 e. The summed E-state index contributed by atoms with van der Waals surface area (Å²) in [7, 11) is 0. The third-order valence-corrected chi connectivity index (χ3v) is 7.35. The van der Waals surface area contributed by atoms with Crippen molar-refractivity contribution in [2.24, 2.45) is 0 Å². The van der Waals surface area contributed by atoms with Gasteiger partial charge in [0.25, 0.3) is 0 Å². The van der Waals surface area contributed by atoms with E-state index >= 15 is 0 Å².